The number of hydrogen-bond donors (Lipinski definition) is 1. The first-order chi connectivity index (χ1) is 7.74. The Bertz CT molecular complexity index is 578. The Kier molecular flexibility index (Phi) is 2.02. The summed E-state index contributed by atoms with van der Waals surface area (Å²) >= 11 is 0. The molecule has 84 valence electrons. The van der Waals surface area contributed by atoms with Gasteiger partial charge in [-0.25, -0.2) is 4.79 Å². The maximum absolute atomic E-state index is 11.7. The van der Waals surface area contributed by atoms with Crippen molar-refractivity contribution in [1.82, 2.24) is 4.57 Å². The molecule has 1 saturated carbocycles. The summed E-state index contributed by atoms with van der Waals surface area (Å²) in [5, 5.41) is 0. The van der Waals surface area contributed by atoms with Crippen LogP contribution in [0.3, 0.4) is 0 Å². The largest absolute Gasteiger partial charge is 0.419 e. The van der Waals surface area contributed by atoms with E-state index in [0.717, 1.165) is 12.1 Å². The normalized spacial score (nSPS) is 16.5. The lowest BCUT2D eigenvalue weighted by Gasteiger charge is -2.25. The molecule has 1 aromatic carbocycles. The summed E-state index contributed by atoms with van der Waals surface area (Å²) in [5.74, 6) is 0.354. The second-order valence-electron chi connectivity index (χ2n) is 4.50. The van der Waals surface area contributed by atoms with E-state index in [1.807, 2.05) is 0 Å². The number of nitrogens with zero attached hydrogens (tertiary/aromatic N) is 1. The Hall–Kier alpha value is -1.71. The molecule has 2 N–H and O–H groups in total. The summed E-state index contributed by atoms with van der Waals surface area (Å²) in [7, 11) is 0. The summed E-state index contributed by atoms with van der Waals surface area (Å²) in [5.41, 5.74) is 7.83. The second kappa shape index (κ2) is 3.40. The lowest BCUT2D eigenvalue weighted by molar-refractivity contribution is 0.271. The molecular weight excluding hydrogens is 204 g/mol. The first kappa shape index (κ1) is 9.51. The van der Waals surface area contributed by atoms with Crippen LogP contribution >= 0.6 is 0 Å². The fraction of sp³-hybridized carbons (Fsp3) is 0.417. The molecule has 0 aliphatic heterocycles. The van der Waals surface area contributed by atoms with Gasteiger partial charge in [0.15, 0.2) is 5.58 Å². The average molecular weight is 218 g/mol. The van der Waals surface area contributed by atoms with Gasteiger partial charge >= 0.3 is 5.76 Å². The topological polar surface area (TPSA) is 61.2 Å². The van der Waals surface area contributed by atoms with Crippen molar-refractivity contribution >= 4 is 16.8 Å². The second-order valence-corrected chi connectivity index (χ2v) is 4.50. The summed E-state index contributed by atoms with van der Waals surface area (Å²) in [6, 6.07) is 5.31. The van der Waals surface area contributed by atoms with Gasteiger partial charge in [-0.05, 0) is 37.0 Å². The molecular formula is C12H14N2O2. The Balaban J connectivity index is 2.09. The van der Waals surface area contributed by atoms with E-state index in [-0.39, 0.29) is 5.76 Å². The van der Waals surface area contributed by atoms with Gasteiger partial charge in [0.05, 0.1) is 5.52 Å². The van der Waals surface area contributed by atoms with E-state index in [2.05, 4.69) is 0 Å². The summed E-state index contributed by atoms with van der Waals surface area (Å²) in [6.07, 6.45) is 3.69. The van der Waals surface area contributed by atoms with Crippen molar-refractivity contribution in [3.8, 4) is 0 Å². The van der Waals surface area contributed by atoms with Gasteiger partial charge in [-0.2, -0.15) is 0 Å². The number of oxazole rings is 1. The zero-order chi connectivity index (χ0) is 11.1. The van der Waals surface area contributed by atoms with Gasteiger partial charge in [-0.1, -0.05) is 6.42 Å². The van der Waals surface area contributed by atoms with Crippen LogP contribution in [0.15, 0.2) is 27.4 Å². The number of benzene rings is 1. The summed E-state index contributed by atoms with van der Waals surface area (Å²) < 4.78 is 6.88. The SMILES string of the molecule is Nc1ccc2oc(=O)n(CC3CCC3)c2c1. The van der Waals surface area contributed by atoms with Gasteiger partial charge in [0.25, 0.3) is 0 Å². The van der Waals surface area contributed by atoms with Crippen LogP contribution in [0.5, 0.6) is 0 Å². The lowest BCUT2D eigenvalue weighted by atomic mass is 9.85. The number of hydrogen-bond acceptors (Lipinski definition) is 3. The molecule has 0 spiro atoms. The molecule has 0 radical (unpaired) electrons. The van der Waals surface area contributed by atoms with E-state index in [1.165, 1.54) is 19.3 Å². The third-order valence-corrected chi connectivity index (χ3v) is 3.36. The van der Waals surface area contributed by atoms with Crippen LogP contribution in [-0.4, -0.2) is 4.57 Å². The smallest absolute Gasteiger partial charge is 0.408 e. The molecule has 0 bridgehead atoms. The number of fused-ring (bicyclic) bond motifs is 1. The van der Waals surface area contributed by atoms with Crippen molar-refractivity contribution in [1.29, 1.82) is 0 Å². The van der Waals surface area contributed by atoms with Crippen molar-refractivity contribution in [2.75, 3.05) is 5.73 Å². The molecule has 0 unspecified atom stereocenters. The van der Waals surface area contributed by atoms with Crippen molar-refractivity contribution < 1.29 is 4.42 Å². The first-order valence-electron chi connectivity index (χ1n) is 5.63. The van der Waals surface area contributed by atoms with Gasteiger partial charge in [-0.3, -0.25) is 4.57 Å². The van der Waals surface area contributed by atoms with Crippen LogP contribution in [0.1, 0.15) is 19.3 Å². The number of aromatic nitrogens is 1. The van der Waals surface area contributed by atoms with Crippen molar-refractivity contribution in [2.45, 2.75) is 25.8 Å². The highest BCUT2D eigenvalue weighted by atomic mass is 16.4. The number of anilines is 1. The monoisotopic (exact) mass is 218 g/mol. The number of nitrogen functional groups attached to an aromatic ring is 1. The predicted octanol–water partition coefficient (Wildman–Crippen LogP) is 1.98. The summed E-state index contributed by atoms with van der Waals surface area (Å²) in [6.45, 7) is 0.759. The highest BCUT2D eigenvalue weighted by Crippen LogP contribution is 2.28. The molecule has 1 aliphatic rings. The molecule has 3 rings (SSSR count). The lowest BCUT2D eigenvalue weighted by Crippen LogP contribution is -2.24. The molecule has 1 fully saturated rings. The van der Waals surface area contributed by atoms with Crippen LogP contribution < -0.4 is 11.5 Å². The predicted molar refractivity (Wildman–Crippen MR) is 62.2 cm³/mol. The molecule has 1 aromatic heterocycles. The zero-order valence-electron chi connectivity index (χ0n) is 8.98. The third kappa shape index (κ3) is 1.41. The van der Waals surface area contributed by atoms with Gasteiger partial charge in [-0.15, -0.1) is 0 Å². The molecule has 4 nitrogen and oxygen atoms in total. The molecule has 0 saturated heterocycles. The highest BCUT2D eigenvalue weighted by Gasteiger charge is 2.20. The molecule has 1 heterocycles. The van der Waals surface area contributed by atoms with E-state index < -0.39 is 0 Å². The molecule has 1 aliphatic carbocycles. The van der Waals surface area contributed by atoms with E-state index in [1.54, 1.807) is 22.8 Å². The Labute approximate surface area is 92.7 Å². The van der Waals surface area contributed by atoms with Gasteiger partial charge < -0.3 is 10.2 Å². The zero-order valence-corrected chi connectivity index (χ0v) is 8.98. The molecule has 0 atom stereocenters. The van der Waals surface area contributed by atoms with Crippen molar-refractivity contribution in [3.05, 3.63) is 28.7 Å². The van der Waals surface area contributed by atoms with Crippen LogP contribution in [0.4, 0.5) is 5.69 Å². The van der Waals surface area contributed by atoms with E-state index in [0.29, 0.717) is 17.2 Å². The molecule has 16 heavy (non-hydrogen) atoms. The summed E-state index contributed by atoms with van der Waals surface area (Å²) in [4.78, 5) is 11.7. The average Bonchev–Trinajstić information content (AvgIpc) is 2.48. The standard InChI is InChI=1S/C12H14N2O2/c13-9-4-5-11-10(6-9)14(12(15)16-11)7-8-2-1-3-8/h4-6,8H,1-3,7,13H2. The minimum absolute atomic E-state index is 0.271. The minimum atomic E-state index is -0.271. The minimum Gasteiger partial charge on any atom is -0.408 e. The van der Waals surface area contributed by atoms with Crippen molar-refractivity contribution in [2.24, 2.45) is 5.92 Å². The molecule has 0 amide bonds. The van der Waals surface area contributed by atoms with E-state index in [4.69, 9.17) is 10.2 Å². The first-order valence-corrected chi connectivity index (χ1v) is 5.63. The van der Waals surface area contributed by atoms with E-state index >= 15 is 0 Å². The van der Waals surface area contributed by atoms with Crippen molar-refractivity contribution in [3.63, 3.8) is 0 Å². The fourth-order valence-electron chi connectivity index (χ4n) is 2.19. The van der Waals surface area contributed by atoms with Gasteiger partial charge in [0.1, 0.15) is 0 Å². The maximum Gasteiger partial charge on any atom is 0.419 e. The maximum atomic E-state index is 11.7. The Morgan fingerprint density at radius 2 is 2.25 bits per heavy atom. The van der Waals surface area contributed by atoms with Gasteiger partial charge in [0, 0.05) is 12.2 Å². The quantitative estimate of drug-likeness (QED) is 0.784. The molecule has 2 aromatic rings. The van der Waals surface area contributed by atoms with Crippen LogP contribution in [0.25, 0.3) is 11.1 Å². The number of rotatable bonds is 2. The molecule has 4 heteroatoms. The van der Waals surface area contributed by atoms with Crippen LogP contribution in [-0.2, 0) is 6.54 Å². The third-order valence-electron chi connectivity index (χ3n) is 3.36. The Morgan fingerprint density at radius 3 is 2.94 bits per heavy atom. The van der Waals surface area contributed by atoms with E-state index in [9.17, 15) is 4.79 Å². The Morgan fingerprint density at radius 1 is 1.44 bits per heavy atom. The highest BCUT2D eigenvalue weighted by molar-refractivity contribution is 5.76. The number of nitrogens with two attached hydrogens (primary N) is 1. The fourth-order valence-corrected chi connectivity index (χ4v) is 2.19. The van der Waals surface area contributed by atoms with Crippen LogP contribution in [0, 0.1) is 5.92 Å². The van der Waals surface area contributed by atoms with Gasteiger partial charge in [0.2, 0.25) is 0 Å². The van der Waals surface area contributed by atoms with Crippen LogP contribution in [0.2, 0.25) is 0 Å².